The van der Waals surface area contributed by atoms with Crippen LogP contribution in [0.5, 0.6) is 11.8 Å². The zero-order valence-corrected chi connectivity index (χ0v) is 28.4. The molecule has 2 aromatic carbocycles. The van der Waals surface area contributed by atoms with Crippen LogP contribution in [0.2, 0.25) is 0 Å². The van der Waals surface area contributed by atoms with Gasteiger partial charge in [-0.25, -0.2) is 8.78 Å². The minimum atomic E-state index is -1.11. The summed E-state index contributed by atoms with van der Waals surface area (Å²) in [5.74, 6) is 0.603. The van der Waals surface area contributed by atoms with Crippen molar-refractivity contribution >= 4 is 33.4 Å². The van der Waals surface area contributed by atoms with E-state index in [1.54, 1.807) is 6.92 Å². The molecule has 1 saturated carbocycles. The van der Waals surface area contributed by atoms with Crippen molar-refractivity contribution in [1.82, 2.24) is 25.2 Å². The number of halogens is 2. The van der Waals surface area contributed by atoms with E-state index < -0.39 is 23.3 Å². The van der Waals surface area contributed by atoms with Crippen LogP contribution in [0.3, 0.4) is 0 Å². The summed E-state index contributed by atoms with van der Waals surface area (Å²) in [5.41, 5.74) is -1.48. The highest BCUT2D eigenvalue weighted by molar-refractivity contribution is 6.03. The largest absolute Gasteiger partial charge is 0.508 e. The fourth-order valence-corrected chi connectivity index (χ4v) is 7.22. The molecule has 0 bridgehead atoms. The number of phenols is 1. The number of carbonyl (C=O) groups excluding carboxylic acids is 1. The molecule has 3 N–H and O–H groups in total. The molecule has 3 fully saturated rings. The van der Waals surface area contributed by atoms with Crippen molar-refractivity contribution in [2.24, 2.45) is 5.41 Å². The highest BCUT2D eigenvalue weighted by Gasteiger charge is 2.45. The number of aromatic nitrogens is 3. The Balaban J connectivity index is 1.34. The third-order valence-electron chi connectivity index (χ3n) is 10.1. The molecule has 13 heteroatoms. The summed E-state index contributed by atoms with van der Waals surface area (Å²) in [4.78, 5) is 30.4. The Morgan fingerprint density at radius 3 is 2.73 bits per heavy atom. The maximum atomic E-state index is 17.0. The van der Waals surface area contributed by atoms with E-state index in [2.05, 4.69) is 32.7 Å². The number of anilines is 1. The molecule has 266 valence electrons. The first-order valence-corrected chi connectivity index (χ1v) is 17.1. The lowest BCUT2D eigenvalue weighted by atomic mass is 9.95. The van der Waals surface area contributed by atoms with Gasteiger partial charge < -0.3 is 29.9 Å². The van der Waals surface area contributed by atoms with E-state index in [1.165, 1.54) is 36.5 Å². The second kappa shape index (κ2) is 13.7. The molecule has 51 heavy (non-hydrogen) atoms. The summed E-state index contributed by atoms with van der Waals surface area (Å²) in [5, 5.41) is 25.5. The Hall–Kier alpha value is -4.90. The number of aliphatic hydroxyl groups is 1. The molecule has 2 saturated heterocycles. The van der Waals surface area contributed by atoms with Crippen molar-refractivity contribution in [3.63, 3.8) is 0 Å². The zero-order chi connectivity index (χ0) is 35.9. The van der Waals surface area contributed by atoms with Gasteiger partial charge in [0.25, 0.3) is 0 Å². The normalized spacial score (nSPS) is 21.9. The van der Waals surface area contributed by atoms with E-state index in [0.717, 1.165) is 32.5 Å². The Kier molecular flexibility index (Phi) is 9.26. The van der Waals surface area contributed by atoms with Crippen LogP contribution in [0.1, 0.15) is 38.2 Å². The van der Waals surface area contributed by atoms with Gasteiger partial charge in [0, 0.05) is 61.3 Å². The third kappa shape index (κ3) is 7.17. The lowest BCUT2D eigenvalue weighted by Crippen LogP contribution is -2.44. The van der Waals surface area contributed by atoms with Crippen molar-refractivity contribution < 1.29 is 33.3 Å². The van der Waals surface area contributed by atoms with Crippen molar-refractivity contribution in [2.45, 2.75) is 44.2 Å². The van der Waals surface area contributed by atoms with Crippen molar-refractivity contribution in [2.75, 3.05) is 57.4 Å². The van der Waals surface area contributed by atoms with E-state index in [4.69, 9.17) is 20.9 Å². The van der Waals surface area contributed by atoms with E-state index >= 15 is 4.39 Å². The predicted molar refractivity (Wildman–Crippen MR) is 188 cm³/mol. The number of pyridine rings is 1. The van der Waals surface area contributed by atoms with Gasteiger partial charge in [-0.1, -0.05) is 18.6 Å². The first-order chi connectivity index (χ1) is 24.5. The highest BCUT2D eigenvalue weighted by atomic mass is 19.1. The van der Waals surface area contributed by atoms with Crippen LogP contribution >= 0.6 is 0 Å². The van der Waals surface area contributed by atoms with Crippen LogP contribution in [-0.2, 0) is 9.53 Å². The molecule has 2 aromatic heterocycles. The molecular formula is C38H40F2N6O5. The van der Waals surface area contributed by atoms with Crippen LogP contribution in [0.25, 0.3) is 32.9 Å². The number of ether oxygens (including phenoxy) is 2. The number of amides is 1. The van der Waals surface area contributed by atoms with E-state index in [0.29, 0.717) is 44.0 Å². The van der Waals surface area contributed by atoms with E-state index in [-0.39, 0.29) is 69.2 Å². The molecule has 4 aromatic rings. The fourth-order valence-electron chi connectivity index (χ4n) is 7.22. The summed E-state index contributed by atoms with van der Waals surface area (Å²) in [7, 11) is 0. The lowest BCUT2D eigenvalue weighted by molar-refractivity contribution is -0.117. The van der Waals surface area contributed by atoms with Crippen LogP contribution < -0.4 is 15.0 Å². The number of terminal acetylenes is 1. The second-order valence-electron chi connectivity index (χ2n) is 14.2. The Labute approximate surface area is 294 Å². The molecule has 3 aliphatic rings. The van der Waals surface area contributed by atoms with Crippen molar-refractivity contribution in [3.05, 3.63) is 60.3 Å². The van der Waals surface area contributed by atoms with Gasteiger partial charge in [0.15, 0.2) is 5.82 Å². The first-order valence-electron chi connectivity index (χ1n) is 17.1. The Morgan fingerprint density at radius 1 is 1.22 bits per heavy atom. The summed E-state index contributed by atoms with van der Waals surface area (Å²) in [6.45, 7) is 10.0. The summed E-state index contributed by atoms with van der Waals surface area (Å²) >= 11 is 0. The molecule has 4 heterocycles. The SMILES string of the molecule is C#Cc1c(F)ccc2cc(O)cc(-c3ncc4c(N5CC[C@](C)(O)C[C@@H](NC(=O)C=C)C5)nc(OCC5(CN6CCOCC6)CC5)nc4c3F)c12. The Bertz CT molecular complexity index is 2060. The molecule has 2 aliphatic heterocycles. The molecule has 7 rings (SSSR count). The first kappa shape index (κ1) is 34.5. The quantitative estimate of drug-likeness (QED) is 0.172. The van der Waals surface area contributed by atoms with Gasteiger partial charge in [-0.3, -0.25) is 14.7 Å². The number of aromatic hydroxyl groups is 1. The zero-order valence-electron chi connectivity index (χ0n) is 28.4. The predicted octanol–water partition coefficient (Wildman–Crippen LogP) is 4.32. The molecule has 1 aliphatic carbocycles. The Morgan fingerprint density at radius 2 is 2.00 bits per heavy atom. The van der Waals surface area contributed by atoms with Gasteiger partial charge in [0.05, 0.1) is 36.4 Å². The van der Waals surface area contributed by atoms with Gasteiger partial charge in [0.2, 0.25) is 5.91 Å². The van der Waals surface area contributed by atoms with Crippen LogP contribution in [0.15, 0.2) is 43.1 Å². The minimum Gasteiger partial charge on any atom is -0.508 e. The number of phenolic OH excluding ortho intramolecular Hbond substituents is 1. The molecular weight excluding hydrogens is 658 g/mol. The second-order valence-corrected chi connectivity index (χ2v) is 14.2. The monoisotopic (exact) mass is 698 g/mol. The number of nitrogens with one attached hydrogen (secondary N) is 1. The molecule has 0 spiro atoms. The van der Waals surface area contributed by atoms with Crippen LogP contribution in [-0.4, -0.2) is 100 Å². The number of nitrogens with zero attached hydrogens (tertiary/aromatic N) is 5. The average molecular weight is 699 g/mol. The van der Waals surface area contributed by atoms with Gasteiger partial charge in [-0.15, -0.1) is 6.42 Å². The van der Waals surface area contributed by atoms with Crippen LogP contribution in [0.4, 0.5) is 14.6 Å². The average Bonchev–Trinajstić information content (AvgIpc) is 3.90. The van der Waals surface area contributed by atoms with Crippen LogP contribution in [0, 0.1) is 29.4 Å². The minimum absolute atomic E-state index is 0.0411. The summed E-state index contributed by atoms with van der Waals surface area (Å²) in [6.07, 6.45) is 10.8. The number of fused-ring (bicyclic) bond motifs is 2. The molecule has 0 radical (unpaired) electrons. The van der Waals surface area contributed by atoms with Gasteiger partial charge in [0.1, 0.15) is 28.6 Å². The smallest absolute Gasteiger partial charge is 0.319 e. The standard InChI is InChI=1S/C38H40F2N6O5/c1-4-26-29(39)7-6-23-16-25(47)17-27(31(23)26)33-32(40)34-28(19-41-33)35(46-11-10-37(3,49)18-24(20-46)42-30(48)5-2)44-36(43-34)51-22-38(8-9-38)21-45-12-14-50-15-13-45/h1,5-7,16-17,19,24,47,49H,2,8-15,18,20-22H2,3H3,(H,42,48)/t24-,37+/m1/s1. The fraction of sp³-hybridized carbons (Fsp3) is 0.421. The molecule has 2 atom stereocenters. The van der Waals surface area contributed by atoms with E-state index in [9.17, 15) is 19.4 Å². The van der Waals surface area contributed by atoms with Gasteiger partial charge >= 0.3 is 6.01 Å². The number of rotatable bonds is 9. The third-order valence-corrected chi connectivity index (χ3v) is 10.1. The molecule has 11 nitrogen and oxygen atoms in total. The maximum absolute atomic E-state index is 17.0. The highest BCUT2D eigenvalue weighted by Crippen LogP contribution is 2.47. The maximum Gasteiger partial charge on any atom is 0.319 e. The number of morpholine rings is 1. The van der Waals surface area contributed by atoms with Gasteiger partial charge in [-0.2, -0.15) is 9.97 Å². The molecule has 0 unspecified atom stereocenters. The van der Waals surface area contributed by atoms with Crippen molar-refractivity contribution in [3.8, 4) is 35.4 Å². The van der Waals surface area contributed by atoms with E-state index in [1.807, 2.05) is 4.90 Å². The number of hydrogen-bond donors (Lipinski definition) is 3. The van der Waals surface area contributed by atoms with Crippen molar-refractivity contribution in [1.29, 1.82) is 0 Å². The summed E-state index contributed by atoms with van der Waals surface area (Å²) < 4.78 is 43.7. The summed E-state index contributed by atoms with van der Waals surface area (Å²) in [6, 6.07) is 4.85. The number of benzene rings is 2. The van der Waals surface area contributed by atoms with Gasteiger partial charge in [-0.05, 0) is 62.3 Å². The number of hydrogen-bond acceptors (Lipinski definition) is 10. The number of carbonyl (C=O) groups is 1. The molecule has 1 amide bonds. The topological polar surface area (TPSA) is 133 Å². The lowest BCUT2D eigenvalue weighted by Gasteiger charge is -2.30.